The largest absolute Gasteiger partial charge is 0.381 e. The molecule has 0 aliphatic carbocycles. The highest BCUT2D eigenvalue weighted by atomic mass is 127. The first kappa shape index (κ1) is 23.7. The van der Waals surface area contributed by atoms with Crippen LogP contribution in [0.15, 0.2) is 33.7 Å². The lowest BCUT2D eigenvalue weighted by Gasteiger charge is -2.23. The first-order valence-electron chi connectivity index (χ1n) is 9.92. The number of rotatable bonds is 7. The molecule has 1 atom stereocenters. The van der Waals surface area contributed by atoms with E-state index in [9.17, 15) is 0 Å². The highest BCUT2D eigenvalue weighted by Crippen LogP contribution is 2.28. The molecular formula is C20H32BrIN4O2. The third kappa shape index (κ3) is 7.35. The number of halogens is 2. The summed E-state index contributed by atoms with van der Waals surface area (Å²) in [5.74, 6) is 0.875. The predicted octanol–water partition coefficient (Wildman–Crippen LogP) is 3.40. The lowest BCUT2D eigenvalue weighted by molar-refractivity contribution is -0.0320. The van der Waals surface area contributed by atoms with Gasteiger partial charge in [-0.25, -0.2) is 0 Å². The van der Waals surface area contributed by atoms with Crippen molar-refractivity contribution >= 4 is 51.6 Å². The zero-order valence-corrected chi connectivity index (χ0v) is 20.4. The van der Waals surface area contributed by atoms with Gasteiger partial charge >= 0.3 is 0 Å². The number of para-hydroxylation sites is 1. The van der Waals surface area contributed by atoms with Gasteiger partial charge in [-0.3, -0.25) is 4.99 Å². The molecule has 0 saturated carbocycles. The van der Waals surface area contributed by atoms with Crippen molar-refractivity contribution in [3.63, 3.8) is 0 Å². The van der Waals surface area contributed by atoms with Gasteiger partial charge in [0.2, 0.25) is 0 Å². The van der Waals surface area contributed by atoms with Crippen LogP contribution in [-0.2, 0) is 9.47 Å². The van der Waals surface area contributed by atoms with Crippen LogP contribution in [0.5, 0.6) is 0 Å². The van der Waals surface area contributed by atoms with Crippen LogP contribution in [0.1, 0.15) is 25.7 Å². The van der Waals surface area contributed by atoms with Gasteiger partial charge in [-0.05, 0) is 53.7 Å². The number of ether oxygens (including phenoxy) is 2. The standard InChI is InChI=1S/C20H31BrN4O2.HI/c1-22-20(23-10-4-12-27-17-8-13-26-14-9-17)24-16-7-11-25(15-16)19-6-3-2-5-18(19)21;/h2-3,5-6,16-17H,4,7-15H2,1H3,(H2,22,23,24);1H. The van der Waals surface area contributed by atoms with E-state index in [4.69, 9.17) is 9.47 Å². The van der Waals surface area contributed by atoms with E-state index < -0.39 is 0 Å². The maximum Gasteiger partial charge on any atom is 0.191 e. The molecule has 2 N–H and O–H groups in total. The molecule has 1 unspecified atom stereocenters. The molecule has 2 aliphatic rings. The lowest BCUT2D eigenvalue weighted by Crippen LogP contribution is -2.45. The monoisotopic (exact) mass is 566 g/mol. The van der Waals surface area contributed by atoms with E-state index in [1.54, 1.807) is 0 Å². The van der Waals surface area contributed by atoms with Crippen LogP contribution in [0.3, 0.4) is 0 Å². The zero-order chi connectivity index (χ0) is 18.9. The van der Waals surface area contributed by atoms with E-state index in [1.807, 2.05) is 7.05 Å². The second-order valence-corrected chi connectivity index (χ2v) is 7.92. The summed E-state index contributed by atoms with van der Waals surface area (Å²) in [6, 6.07) is 8.80. The molecule has 0 aromatic heterocycles. The van der Waals surface area contributed by atoms with Crippen LogP contribution in [-0.4, -0.2) is 64.6 Å². The Balaban J connectivity index is 0.00000280. The minimum Gasteiger partial charge on any atom is -0.381 e. The number of nitrogens with one attached hydrogen (secondary N) is 2. The lowest BCUT2D eigenvalue weighted by atomic mass is 10.1. The quantitative estimate of drug-likeness (QED) is 0.229. The number of aliphatic imine (C=N–C) groups is 1. The van der Waals surface area contributed by atoms with Crippen molar-refractivity contribution < 1.29 is 9.47 Å². The molecule has 2 fully saturated rings. The molecule has 0 radical (unpaired) electrons. The van der Waals surface area contributed by atoms with E-state index in [2.05, 4.69) is 60.7 Å². The Bertz CT molecular complexity index is 614. The molecule has 0 bridgehead atoms. The number of benzene rings is 1. The minimum atomic E-state index is 0. The van der Waals surface area contributed by atoms with Crippen LogP contribution in [0, 0.1) is 0 Å². The van der Waals surface area contributed by atoms with Gasteiger partial charge in [0, 0.05) is 57.0 Å². The molecule has 2 saturated heterocycles. The van der Waals surface area contributed by atoms with Crippen molar-refractivity contribution in [2.45, 2.75) is 37.8 Å². The number of hydrogen-bond donors (Lipinski definition) is 2. The van der Waals surface area contributed by atoms with Crippen LogP contribution >= 0.6 is 39.9 Å². The third-order valence-corrected chi connectivity index (χ3v) is 5.75. The molecule has 3 rings (SSSR count). The van der Waals surface area contributed by atoms with E-state index >= 15 is 0 Å². The van der Waals surface area contributed by atoms with Gasteiger partial charge in [-0.1, -0.05) is 12.1 Å². The fourth-order valence-electron chi connectivity index (χ4n) is 3.56. The first-order valence-corrected chi connectivity index (χ1v) is 10.7. The highest BCUT2D eigenvalue weighted by Gasteiger charge is 2.24. The Labute approximate surface area is 194 Å². The van der Waals surface area contributed by atoms with Gasteiger partial charge < -0.3 is 25.0 Å². The number of anilines is 1. The summed E-state index contributed by atoms with van der Waals surface area (Å²) in [4.78, 5) is 6.78. The zero-order valence-electron chi connectivity index (χ0n) is 16.5. The van der Waals surface area contributed by atoms with E-state index in [0.29, 0.717) is 12.1 Å². The SMILES string of the molecule is CN=C(NCCCOC1CCOCC1)NC1CCN(c2ccccc2Br)C1.I. The highest BCUT2D eigenvalue weighted by molar-refractivity contribution is 14.0. The van der Waals surface area contributed by atoms with Crippen molar-refractivity contribution in [1.29, 1.82) is 0 Å². The van der Waals surface area contributed by atoms with Crippen LogP contribution < -0.4 is 15.5 Å². The smallest absolute Gasteiger partial charge is 0.191 e. The van der Waals surface area contributed by atoms with E-state index in [-0.39, 0.29) is 24.0 Å². The van der Waals surface area contributed by atoms with Gasteiger partial charge in [0.1, 0.15) is 0 Å². The Morgan fingerprint density at radius 3 is 2.82 bits per heavy atom. The average Bonchev–Trinajstić information content (AvgIpc) is 3.16. The van der Waals surface area contributed by atoms with Crippen molar-refractivity contribution in [2.24, 2.45) is 4.99 Å². The summed E-state index contributed by atoms with van der Waals surface area (Å²) >= 11 is 3.65. The van der Waals surface area contributed by atoms with Crippen LogP contribution in [0.2, 0.25) is 0 Å². The molecule has 8 heteroatoms. The second kappa shape index (κ2) is 12.9. The fraction of sp³-hybridized carbons (Fsp3) is 0.650. The summed E-state index contributed by atoms with van der Waals surface area (Å²) in [7, 11) is 1.83. The van der Waals surface area contributed by atoms with E-state index in [1.165, 1.54) is 5.69 Å². The van der Waals surface area contributed by atoms with Crippen molar-refractivity contribution in [3.8, 4) is 0 Å². The first-order chi connectivity index (χ1) is 13.3. The van der Waals surface area contributed by atoms with Gasteiger partial charge in [-0.15, -0.1) is 24.0 Å². The number of guanidine groups is 1. The van der Waals surface area contributed by atoms with Crippen molar-refractivity contribution in [2.75, 3.05) is 51.4 Å². The molecule has 158 valence electrons. The van der Waals surface area contributed by atoms with Crippen molar-refractivity contribution in [3.05, 3.63) is 28.7 Å². The molecule has 6 nitrogen and oxygen atoms in total. The summed E-state index contributed by atoms with van der Waals surface area (Å²) in [6.45, 7) is 5.35. The van der Waals surface area contributed by atoms with Gasteiger partial charge in [0.05, 0.1) is 11.8 Å². The maximum atomic E-state index is 5.91. The molecule has 2 heterocycles. The Hall–Kier alpha value is -0.580. The fourth-order valence-corrected chi connectivity index (χ4v) is 4.10. The van der Waals surface area contributed by atoms with Crippen molar-refractivity contribution in [1.82, 2.24) is 10.6 Å². The summed E-state index contributed by atoms with van der Waals surface area (Å²) < 4.78 is 12.4. The molecule has 1 aromatic carbocycles. The average molecular weight is 567 g/mol. The Morgan fingerprint density at radius 1 is 1.29 bits per heavy atom. The number of hydrogen-bond acceptors (Lipinski definition) is 4. The molecule has 0 amide bonds. The molecule has 1 aromatic rings. The summed E-state index contributed by atoms with van der Waals surface area (Å²) in [6.07, 6.45) is 4.50. The van der Waals surface area contributed by atoms with Gasteiger partial charge in [0.25, 0.3) is 0 Å². The predicted molar refractivity (Wildman–Crippen MR) is 129 cm³/mol. The molecular weight excluding hydrogens is 535 g/mol. The normalized spacial score (nSPS) is 20.7. The topological polar surface area (TPSA) is 58.1 Å². The van der Waals surface area contributed by atoms with Gasteiger partial charge in [-0.2, -0.15) is 0 Å². The summed E-state index contributed by atoms with van der Waals surface area (Å²) in [5, 5.41) is 6.96. The Kier molecular flexibility index (Phi) is 10.9. The molecule has 0 spiro atoms. The van der Waals surface area contributed by atoms with Crippen LogP contribution in [0.4, 0.5) is 5.69 Å². The third-order valence-electron chi connectivity index (χ3n) is 5.08. The van der Waals surface area contributed by atoms with Gasteiger partial charge in [0.15, 0.2) is 5.96 Å². The minimum absolute atomic E-state index is 0. The van der Waals surface area contributed by atoms with Crippen LogP contribution in [0.25, 0.3) is 0 Å². The van der Waals surface area contributed by atoms with E-state index in [0.717, 1.165) is 75.6 Å². The number of nitrogens with zero attached hydrogens (tertiary/aromatic N) is 2. The second-order valence-electron chi connectivity index (χ2n) is 7.06. The Morgan fingerprint density at radius 2 is 2.07 bits per heavy atom. The molecule has 2 aliphatic heterocycles. The molecule has 28 heavy (non-hydrogen) atoms. The summed E-state index contributed by atoms with van der Waals surface area (Å²) in [5.41, 5.74) is 1.26. The maximum absolute atomic E-state index is 5.91.